The molecule has 0 saturated carbocycles. The van der Waals surface area contributed by atoms with E-state index >= 15 is 0 Å². The Labute approximate surface area is 205 Å². The van der Waals surface area contributed by atoms with Gasteiger partial charge in [-0.1, -0.05) is 40.4 Å². The molecule has 35 heavy (non-hydrogen) atoms. The Morgan fingerprint density at radius 2 is 1.49 bits per heavy atom. The molecule has 0 bridgehead atoms. The maximum Gasteiger partial charge on any atom is 0.294 e. The summed E-state index contributed by atoms with van der Waals surface area (Å²) in [5, 5.41) is 45.1. The third-order valence-corrected chi connectivity index (χ3v) is 6.86. The molecule has 0 unspecified atom stereocenters. The second-order valence-electron chi connectivity index (χ2n) is 6.71. The van der Waals surface area contributed by atoms with Crippen molar-refractivity contribution in [2.45, 2.75) is 14.7 Å². The molecule has 182 valence electrons. The molecule has 0 atom stereocenters. The number of hydrogen-bond acceptors (Lipinski definition) is 13. The molecule has 0 fully saturated rings. The van der Waals surface area contributed by atoms with Gasteiger partial charge in [-0.05, 0) is 41.1 Å². The van der Waals surface area contributed by atoms with E-state index in [0.29, 0.717) is 28.0 Å². The van der Waals surface area contributed by atoms with E-state index in [1.54, 1.807) is 36.4 Å². The summed E-state index contributed by atoms with van der Waals surface area (Å²) in [5.41, 5.74) is 0.387. The molecule has 0 amide bonds. The molecule has 0 aliphatic rings. The molecule has 0 spiro atoms. The van der Waals surface area contributed by atoms with Gasteiger partial charge >= 0.3 is 0 Å². The molecule has 15 heteroatoms. The zero-order valence-corrected chi connectivity index (χ0v) is 19.6. The predicted octanol–water partition coefficient (Wildman–Crippen LogP) is 6.22. The highest BCUT2D eigenvalue weighted by Crippen LogP contribution is 2.43. The van der Waals surface area contributed by atoms with Gasteiger partial charge in [-0.25, -0.2) is 10.5 Å². The van der Waals surface area contributed by atoms with Gasteiger partial charge in [0, 0.05) is 15.7 Å². The first-order valence-corrected chi connectivity index (χ1v) is 12.3. The molecule has 4 aromatic carbocycles. The van der Waals surface area contributed by atoms with E-state index in [4.69, 9.17) is 10.5 Å². The molecule has 0 aliphatic heterocycles. The van der Waals surface area contributed by atoms with Crippen LogP contribution in [0, 0.1) is 0 Å². The average Bonchev–Trinajstić information content (AvgIpc) is 2.85. The lowest BCUT2D eigenvalue weighted by Crippen LogP contribution is -1.98. The maximum atomic E-state index is 11.7. The number of nitrogens with zero attached hydrogens (tertiary/aromatic N) is 2. The van der Waals surface area contributed by atoms with Gasteiger partial charge in [-0.15, -0.1) is 18.9 Å². The van der Waals surface area contributed by atoms with E-state index in [-0.39, 0.29) is 27.1 Å². The Balaban J connectivity index is 1.87. The lowest BCUT2D eigenvalue weighted by Gasteiger charge is -2.11. The van der Waals surface area contributed by atoms with Crippen LogP contribution in [0.5, 0.6) is 5.75 Å². The van der Waals surface area contributed by atoms with Crippen LogP contribution in [0.3, 0.4) is 0 Å². The van der Waals surface area contributed by atoms with E-state index < -0.39 is 15.0 Å². The van der Waals surface area contributed by atoms with Gasteiger partial charge in [0.2, 0.25) is 0 Å². The van der Waals surface area contributed by atoms with Crippen LogP contribution in [0.4, 0.5) is 11.4 Å². The summed E-state index contributed by atoms with van der Waals surface area (Å²) in [7, 11) is -4.58. The molecule has 0 aromatic heterocycles. The largest absolute Gasteiger partial charge is 0.506 e. The Morgan fingerprint density at radius 3 is 2.17 bits per heavy atom. The van der Waals surface area contributed by atoms with E-state index in [1.165, 1.54) is 18.2 Å². The first kappa shape index (κ1) is 25.3. The van der Waals surface area contributed by atoms with Gasteiger partial charge in [0.15, 0.2) is 0 Å². The number of rotatable bonds is 9. The molecular formula is C20H14N2O10S3. The first-order chi connectivity index (χ1) is 16.8. The minimum Gasteiger partial charge on any atom is -0.506 e. The van der Waals surface area contributed by atoms with Crippen molar-refractivity contribution in [2.75, 3.05) is 0 Å². The van der Waals surface area contributed by atoms with Crippen LogP contribution >= 0.6 is 24.1 Å². The molecule has 4 aromatic rings. The Bertz CT molecular complexity index is 1530. The summed E-state index contributed by atoms with van der Waals surface area (Å²) in [6.07, 6.45) is 0. The van der Waals surface area contributed by atoms with Crippen LogP contribution in [-0.2, 0) is 28.9 Å². The smallest absolute Gasteiger partial charge is 0.294 e. The summed E-state index contributed by atoms with van der Waals surface area (Å²) in [6, 6.07) is 15.4. The van der Waals surface area contributed by atoms with Gasteiger partial charge in [0.1, 0.15) is 11.4 Å². The number of benzene rings is 4. The minimum atomic E-state index is -4.58. The number of azo groups is 1. The quantitative estimate of drug-likeness (QED) is 0.0623. The molecule has 0 saturated heterocycles. The van der Waals surface area contributed by atoms with Gasteiger partial charge in [0.25, 0.3) is 10.1 Å². The summed E-state index contributed by atoms with van der Waals surface area (Å²) in [6.45, 7) is 0. The van der Waals surface area contributed by atoms with Crippen molar-refractivity contribution in [1.29, 1.82) is 0 Å². The topological polar surface area (TPSA) is 177 Å². The van der Waals surface area contributed by atoms with Crippen LogP contribution in [0.2, 0.25) is 0 Å². The molecule has 0 radical (unpaired) electrons. The molecule has 0 heterocycles. The molecule has 0 aliphatic carbocycles. The monoisotopic (exact) mass is 538 g/mol. The molecule has 4 N–H and O–H groups in total. The molecular weight excluding hydrogens is 524 g/mol. The Kier molecular flexibility index (Phi) is 7.82. The number of fused-ring (bicyclic) bond motifs is 2. The van der Waals surface area contributed by atoms with Crippen molar-refractivity contribution < 1.29 is 47.3 Å². The number of phenolic OH excluding ortho intramolecular Hbond substituents is 1. The van der Waals surface area contributed by atoms with Gasteiger partial charge < -0.3 is 5.11 Å². The highest BCUT2D eigenvalue weighted by Gasteiger charge is 2.19. The predicted molar refractivity (Wildman–Crippen MR) is 125 cm³/mol. The zero-order chi connectivity index (χ0) is 25.0. The second kappa shape index (κ2) is 10.8. The van der Waals surface area contributed by atoms with Crippen LogP contribution < -0.4 is 0 Å². The van der Waals surface area contributed by atoms with Crippen LogP contribution in [0.25, 0.3) is 21.5 Å². The summed E-state index contributed by atoms with van der Waals surface area (Å²) in [4.78, 5) is 0.224. The van der Waals surface area contributed by atoms with E-state index in [1.807, 2.05) is 0 Å². The van der Waals surface area contributed by atoms with Gasteiger partial charge in [0.05, 0.1) is 39.6 Å². The van der Waals surface area contributed by atoms with Crippen molar-refractivity contribution in [3.05, 3.63) is 60.7 Å². The van der Waals surface area contributed by atoms with Gasteiger partial charge in [-0.3, -0.25) is 4.55 Å². The third kappa shape index (κ3) is 5.54. The number of hydrogen-bond donors (Lipinski definition) is 4. The summed E-state index contributed by atoms with van der Waals surface area (Å²) < 4.78 is 41.8. The van der Waals surface area contributed by atoms with E-state index in [0.717, 1.165) is 23.5 Å². The van der Waals surface area contributed by atoms with Crippen LogP contribution in [0.15, 0.2) is 85.6 Å². The summed E-state index contributed by atoms with van der Waals surface area (Å²) in [5.74, 6) is -0.280. The lowest BCUT2D eigenvalue weighted by molar-refractivity contribution is -0.432. The lowest BCUT2D eigenvalue weighted by atomic mass is 10.1. The number of phenols is 1. The van der Waals surface area contributed by atoms with E-state index in [9.17, 15) is 18.1 Å². The summed E-state index contributed by atoms with van der Waals surface area (Å²) >= 11 is 1.21. The highest BCUT2D eigenvalue weighted by molar-refractivity contribution is 7.95. The Morgan fingerprint density at radius 1 is 0.800 bits per heavy atom. The standard InChI is InChI=1S/C20H14N2O10S3/c23-16-7-5-11-9-12(35(26,27)28)10-18(34-32-30-25)19(11)20(16)22-21-15-6-8-17(33-31-29-24)14-4-2-1-3-13(14)15/h1-10,23-25H,(H,26,27,28). The zero-order valence-electron chi connectivity index (χ0n) is 17.1. The van der Waals surface area contributed by atoms with Crippen molar-refractivity contribution in [2.24, 2.45) is 10.2 Å². The second-order valence-corrected chi connectivity index (χ2v) is 9.61. The normalized spacial score (nSPS) is 12.2. The SMILES string of the molecule is O=S(=O)(O)c1cc(SOOO)c2c(N=Nc3ccc(SOOO)c4ccccc34)c(O)ccc2c1. The molecule has 12 nitrogen and oxygen atoms in total. The van der Waals surface area contributed by atoms with Crippen molar-refractivity contribution >= 4 is 67.1 Å². The fraction of sp³-hybridized carbons (Fsp3) is 0. The minimum absolute atomic E-state index is 0.0343. The van der Waals surface area contributed by atoms with Gasteiger partial charge in [-0.2, -0.15) is 8.42 Å². The maximum absolute atomic E-state index is 11.7. The highest BCUT2D eigenvalue weighted by atomic mass is 32.2. The molecule has 4 rings (SSSR count). The first-order valence-electron chi connectivity index (χ1n) is 9.33. The fourth-order valence-corrected chi connectivity index (χ4v) is 5.00. The van der Waals surface area contributed by atoms with Crippen LogP contribution in [0.1, 0.15) is 0 Å². The Hall–Kier alpha value is -2.83. The van der Waals surface area contributed by atoms with Crippen molar-refractivity contribution in [1.82, 2.24) is 0 Å². The van der Waals surface area contributed by atoms with E-state index in [2.05, 4.69) is 29.0 Å². The van der Waals surface area contributed by atoms with Crippen molar-refractivity contribution in [3.8, 4) is 5.75 Å². The average molecular weight is 539 g/mol. The van der Waals surface area contributed by atoms with Crippen LogP contribution in [-0.4, -0.2) is 28.6 Å². The third-order valence-electron chi connectivity index (χ3n) is 4.73. The number of aromatic hydroxyl groups is 1. The van der Waals surface area contributed by atoms with Crippen molar-refractivity contribution in [3.63, 3.8) is 0 Å². The fourth-order valence-electron chi connectivity index (χ4n) is 3.31.